The van der Waals surface area contributed by atoms with Gasteiger partial charge in [-0.15, -0.1) is 0 Å². The number of amides is 1. The zero-order valence-corrected chi connectivity index (χ0v) is 17.2. The minimum Gasteiger partial charge on any atom is -0.495 e. The number of benzene rings is 2. The van der Waals surface area contributed by atoms with Crippen molar-refractivity contribution in [1.29, 1.82) is 0 Å². The van der Waals surface area contributed by atoms with Crippen LogP contribution < -0.4 is 20.6 Å². The Balaban J connectivity index is 1.64. The third-order valence-electron chi connectivity index (χ3n) is 5.40. The molecule has 4 rings (SSSR count). The molecular weight excluding hydrogens is 382 g/mol. The minimum atomic E-state index is -0.414. The van der Waals surface area contributed by atoms with Gasteiger partial charge in [-0.3, -0.25) is 9.69 Å². The molecule has 7 nitrogen and oxygen atoms in total. The lowest BCUT2D eigenvalue weighted by molar-refractivity contribution is -0.117. The summed E-state index contributed by atoms with van der Waals surface area (Å²) in [5.74, 6) is 0.514. The van der Waals surface area contributed by atoms with Crippen molar-refractivity contribution in [3.63, 3.8) is 0 Å². The van der Waals surface area contributed by atoms with Crippen molar-refractivity contribution in [2.24, 2.45) is 0 Å². The summed E-state index contributed by atoms with van der Waals surface area (Å²) in [6.45, 7) is 2.28. The Kier molecular flexibility index (Phi) is 5.72. The predicted octanol–water partition coefficient (Wildman–Crippen LogP) is 3.60. The second-order valence-electron chi connectivity index (χ2n) is 7.42. The summed E-state index contributed by atoms with van der Waals surface area (Å²) in [6.07, 6.45) is 2.27. The lowest BCUT2D eigenvalue weighted by atomic mass is 10.1. The SMILES string of the molecule is COc1ccc(N(C)c2cc(=O)oc3ccccc23)cc1NC(=O)CN1CCCC1. The smallest absolute Gasteiger partial charge is 0.338 e. The summed E-state index contributed by atoms with van der Waals surface area (Å²) in [4.78, 5) is 28.6. The quantitative estimate of drug-likeness (QED) is 0.630. The first-order valence-electron chi connectivity index (χ1n) is 10.0. The molecule has 1 fully saturated rings. The lowest BCUT2D eigenvalue weighted by Crippen LogP contribution is -2.31. The number of hydrogen-bond donors (Lipinski definition) is 1. The van der Waals surface area contributed by atoms with Gasteiger partial charge in [-0.05, 0) is 56.3 Å². The van der Waals surface area contributed by atoms with Gasteiger partial charge in [0.1, 0.15) is 11.3 Å². The van der Waals surface area contributed by atoms with Crippen LogP contribution >= 0.6 is 0 Å². The van der Waals surface area contributed by atoms with Gasteiger partial charge in [-0.2, -0.15) is 0 Å². The topological polar surface area (TPSA) is 75.0 Å². The first kappa shape index (κ1) is 20.0. The molecule has 1 N–H and O–H groups in total. The molecule has 0 spiro atoms. The van der Waals surface area contributed by atoms with Gasteiger partial charge in [0.05, 0.1) is 25.0 Å². The van der Waals surface area contributed by atoms with Crippen LogP contribution in [0.3, 0.4) is 0 Å². The molecule has 156 valence electrons. The molecule has 0 aliphatic carbocycles. The molecule has 1 aromatic heterocycles. The van der Waals surface area contributed by atoms with E-state index in [1.165, 1.54) is 6.07 Å². The van der Waals surface area contributed by atoms with E-state index in [4.69, 9.17) is 9.15 Å². The highest BCUT2D eigenvalue weighted by atomic mass is 16.5. The Bertz CT molecular complexity index is 1120. The second-order valence-corrected chi connectivity index (χ2v) is 7.42. The first-order chi connectivity index (χ1) is 14.5. The maximum atomic E-state index is 12.5. The average molecular weight is 407 g/mol. The molecule has 1 aliphatic rings. The molecule has 30 heavy (non-hydrogen) atoms. The number of hydrogen-bond acceptors (Lipinski definition) is 6. The first-order valence-corrected chi connectivity index (χ1v) is 10.0. The number of fused-ring (bicyclic) bond motifs is 1. The van der Waals surface area contributed by atoms with E-state index in [2.05, 4.69) is 10.2 Å². The molecule has 7 heteroatoms. The third-order valence-corrected chi connectivity index (χ3v) is 5.40. The van der Waals surface area contributed by atoms with Crippen molar-refractivity contribution in [2.45, 2.75) is 12.8 Å². The molecule has 0 saturated carbocycles. The van der Waals surface area contributed by atoms with E-state index in [-0.39, 0.29) is 5.91 Å². The monoisotopic (exact) mass is 407 g/mol. The number of likely N-dealkylation sites (tertiary alicyclic amines) is 1. The van der Waals surface area contributed by atoms with Crippen molar-refractivity contribution in [1.82, 2.24) is 4.90 Å². The zero-order chi connectivity index (χ0) is 21.1. The second kappa shape index (κ2) is 8.59. The van der Waals surface area contributed by atoms with Crippen LogP contribution in [0.5, 0.6) is 5.75 Å². The van der Waals surface area contributed by atoms with Crippen LogP contribution in [0, 0.1) is 0 Å². The van der Waals surface area contributed by atoms with Gasteiger partial charge >= 0.3 is 5.63 Å². The van der Waals surface area contributed by atoms with E-state index >= 15 is 0 Å². The summed E-state index contributed by atoms with van der Waals surface area (Å²) in [5, 5.41) is 3.80. The number of ether oxygens (including phenoxy) is 1. The van der Waals surface area contributed by atoms with Gasteiger partial charge in [0.15, 0.2) is 0 Å². The van der Waals surface area contributed by atoms with E-state index in [9.17, 15) is 9.59 Å². The summed E-state index contributed by atoms with van der Waals surface area (Å²) in [6, 6.07) is 14.4. The fraction of sp³-hybridized carbons (Fsp3) is 0.304. The fourth-order valence-corrected chi connectivity index (χ4v) is 3.85. The predicted molar refractivity (Wildman–Crippen MR) is 118 cm³/mol. The van der Waals surface area contributed by atoms with Crippen LogP contribution in [0.15, 0.2) is 57.7 Å². The van der Waals surface area contributed by atoms with Crippen molar-refractivity contribution < 1.29 is 13.9 Å². The number of methoxy groups -OCH3 is 1. The van der Waals surface area contributed by atoms with E-state index in [0.717, 1.165) is 42.7 Å². The highest BCUT2D eigenvalue weighted by molar-refractivity contribution is 5.96. The van der Waals surface area contributed by atoms with Gasteiger partial charge in [-0.1, -0.05) is 12.1 Å². The zero-order valence-electron chi connectivity index (χ0n) is 17.2. The molecule has 2 heterocycles. The normalized spacial score (nSPS) is 14.1. The lowest BCUT2D eigenvalue weighted by Gasteiger charge is -2.22. The molecule has 0 radical (unpaired) electrons. The van der Waals surface area contributed by atoms with Gasteiger partial charge in [0.2, 0.25) is 5.91 Å². The number of carbonyl (C=O) groups excluding carboxylic acids is 1. The van der Waals surface area contributed by atoms with Crippen molar-refractivity contribution in [2.75, 3.05) is 44.0 Å². The maximum Gasteiger partial charge on any atom is 0.338 e. The van der Waals surface area contributed by atoms with Gasteiger partial charge in [0, 0.05) is 24.2 Å². The Hall–Kier alpha value is -3.32. The molecule has 0 atom stereocenters. The summed E-state index contributed by atoms with van der Waals surface area (Å²) < 4.78 is 10.7. The molecule has 0 unspecified atom stereocenters. The number of carbonyl (C=O) groups is 1. The number of nitrogens with zero attached hydrogens (tertiary/aromatic N) is 2. The van der Waals surface area contributed by atoms with Gasteiger partial charge < -0.3 is 19.4 Å². The van der Waals surface area contributed by atoms with Crippen molar-refractivity contribution in [3.8, 4) is 5.75 Å². The summed E-state index contributed by atoms with van der Waals surface area (Å²) >= 11 is 0. The standard InChI is InChI=1S/C23H25N3O4/c1-25(19-14-23(28)30-20-8-4-3-7-17(19)20)16-9-10-21(29-2)18(13-16)24-22(27)15-26-11-5-6-12-26/h3-4,7-10,13-14H,5-6,11-12,15H2,1-2H3,(H,24,27). The van der Waals surface area contributed by atoms with E-state index in [1.54, 1.807) is 13.2 Å². The molecule has 1 aliphatic heterocycles. The van der Waals surface area contributed by atoms with Crippen LogP contribution in [0.25, 0.3) is 11.0 Å². The fourth-order valence-electron chi connectivity index (χ4n) is 3.85. The van der Waals surface area contributed by atoms with E-state index < -0.39 is 5.63 Å². The van der Waals surface area contributed by atoms with Crippen LogP contribution in [0.4, 0.5) is 17.1 Å². The Morgan fingerprint density at radius 2 is 1.93 bits per heavy atom. The van der Waals surface area contributed by atoms with Crippen LogP contribution in [-0.4, -0.2) is 44.6 Å². The number of rotatable bonds is 6. The molecule has 1 saturated heterocycles. The number of anilines is 3. The Labute approximate surface area is 174 Å². The van der Waals surface area contributed by atoms with Crippen molar-refractivity contribution in [3.05, 3.63) is 59.0 Å². The third kappa shape index (κ3) is 4.16. The highest BCUT2D eigenvalue weighted by Crippen LogP contribution is 2.34. The summed E-state index contributed by atoms with van der Waals surface area (Å²) in [7, 11) is 3.45. The maximum absolute atomic E-state index is 12.5. The van der Waals surface area contributed by atoms with E-state index in [0.29, 0.717) is 23.6 Å². The molecule has 1 amide bonds. The molecule has 3 aromatic rings. The molecular formula is C23H25N3O4. The minimum absolute atomic E-state index is 0.0687. The molecule has 2 aromatic carbocycles. The van der Waals surface area contributed by atoms with Gasteiger partial charge in [0.25, 0.3) is 0 Å². The van der Waals surface area contributed by atoms with Crippen LogP contribution in [0.1, 0.15) is 12.8 Å². The largest absolute Gasteiger partial charge is 0.495 e. The molecule has 0 bridgehead atoms. The van der Waals surface area contributed by atoms with Gasteiger partial charge in [-0.25, -0.2) is 4.79 Å². The Morgan fingerprint density at radius 1 is 1.17 bits per heavy atom. The number of para-hydroxylation sites is 1. The average Bonchev–Trinajstić information content (AvgIpc) is 3.25. The number of nitrogens with one attached hydrogen (secondary N) is 1. The highest BCUT2D eigenvalue weighted by Gasteiger charge is 2.18. The summed E-state index contributed by atoms with van der Waals surface area (Å²) in [5.41, 5.74) is 2.24. The van der Waals surface area contributed by atoms with Crippen LogP contribution in [-0.2, 0) is 4.79 Å². The van der Waals surface area contributed by atoms with E-state index in [1.807, 2.05) is 48.3 Å². The van der Waals surface area contributed by atoms with Crippen molar-refractivity contribution >= 4 is 33.9 Å². The van der Waals surface area contributed by atoms with Crippen LogP contribution in [0.2, 0.25) is 0 Å². The Morgan fingerprint density at radius 3 is 2.70 bits per heavy atom.